The van der Waals surface area contributed by atoms with E-state index in [4.69, 9.17) is 0 Å². The lowest BCUT2D eigenvalue weighted by Crippen LogP contribution is -2.08. The maximum Gasteiger partial charge on any atom is 0.183 e. The zero-order valence-electron chi connectivity index (χ0n) is 10.6. The van der Waals surface area contributed by atoms with Crippen molar-refractivity contribution in [1.29, 1.82) is 0 Å². The van der Waals surface area contributed by atoms with Crippen LogP contribution in [-0.4, -0.2) is 16.0 Å². The minimum Gasteiger partial charge on any atom is -0.359 e. The third kappa shape index (κ3) is 2.84. The highest BCUT2D eigenvalue weighted by atomic mass is 32.1. The molecule has 0 saturated carbocycles. The molecule has 17 heavy (non-hydrogen) atoms. The van der Waals surface area contributed by atoms with Gasteiger partial charge in [-0.2, -0.15) is 0 Å². The molecule has 0 unspecified atom stereocenters. The van der Waals surface area contributed by atoms with Crippen molar-refractivity contribution in [3.8, 4) is 10.6 Å². The van der Waals surface area contributed by atoms with Gasteiger partial charge in [0.2, 0.25) is 0 Å². The topological polar surface area (TPSA) is 37.8 Å². The van der Waals surface area contributed by atoms with E-state index >= 15 is 0 Å². The zero-order chi connectivity index (χ0) is 12.4. The molecule has 0 radical (unpaired) electrons. The summed E-state index contributed by atoms with van der Waals surface area (Å²) in [5.41, 5.74) is 2.14. The van der Waals surface area contributed by atoms with E-state index < -0.39 is 0 Å². The first kappa shape index (κ1) is 12.5. The van der Waals surface area contributed by atoms with Gasteiger partial charge >= 0.3 is 0 Å². The lowest BCUT2D eigenvalue weighted by atomic mass is 10.3. The van der Waals surface area contributed by atoms with Crippen molar-refractivity contribution in [2.24, 2.45) is 0 Å². The number of thiazole rings is 2. The molecule has 2 rings (SSSR count). The summed E-state index contributed by atoms with van der Waals surface area (Å²) in [4.78, 5) is 10.3. The first-order valence-corrected chi connectivity index (χ1v) is 7.48. The van der Waals surface area contributed by atoms with Crippen molar-refractivity contribution in [1.82, 2.24) is 9.97 Å². The highest BCUT2D eigenvalue weighted by Gasteiger charge is 2.12. The molecule has 0 amide bonds. The Balaban J connectivity index is 2.26. The second kappa shape index (κ2) is 5.14. The van der Waals surface area contributed by atoms with E-state index in [1.54, 1.807) is 22.7 Å². The van der Waals surface area contributed by atoms with E-state index in [2.05, 4.69) is 48.4 Å². The summed E-state index contributed by atoms with van der Waals surface area (Å²) in [5, 5.41) is 7.60. The maximum atomic E-state index is 4.61. The van der Waals surface area contributed by atoms with Gasteiger partial charge in [0.1, 0.15) is 0 Å². The molecule has 0 aliphatic carbocycles. The lowest BCUT2D eigenvalue weighted by Gasteiger charge is -2.04. The van der Waals surface area contributed by atoms with E-state index in [9.17, 15) is 0 Å². The first-order chi connectivity index (χ1) is 8.10. The summed E-state index contributed by atoms with van der Waals surface area (Å²) in [6.07, 6.45) is 0.993. The summed E-state index contributed by atoms with van der Waals surface area (Å²) < 4.78 is 0. The zero-order valence-corrected chi connectivity index (χ0v) is 12.2. The van der Waals surface area contributed by atoms with Crippen LogP contribution in [-0.2, 0) is 6.42 Å². The van der Waals surface area contributed by atoms with Crippen molar-refractivity contribution in [2.75, 3.05) is 5.32 Å². The van der Waals surface area contributed by atoms with Gasteiger partial charge in [0, 0.05) is 11.4 Å². The average molecular weight is 267 g/mol. The van der Waals surface area contributed by atoms with Crippen molar-refractivity contribution < 1.29 is 0 Å². The highest BCUT2D eigenvalue weighted by Crippen LogP contribution is 2.32. The van der Waals surface area contributed by atoms with Gasteiger partial charge < -0.3 is 5.32 Å². The molecule has 0 aliphatic heterocycles. The molecule has 0 aliphatic rings. The maximum absolute atomic E-state index is 4.61. The van der Waals surface area contributed by atoms with E-state index in [1.807, 2.05) is 0 Å². The summed E-state index contributed by atoms with van der Waals surface area (Å²) in [7, 11) is 0. The molecule has 2 aromatic rings. The molecule has 0 saturated heterocycles. The quantitative estimate of drug-likeness (QED) is 0.911. The number of anilines is 1. The first-order valence-electron chi connectivity index (χ1n) is 5.79. The third-order valence-electron chi connectivity index (χ3n) is 2.29. The van der Waals surface area contributed by atoms with E-state index in [-0.39, 0.29) is 0 Å². The van der Waals surface area contributed by atoms with Gasteiger partial charge in [0.05, 0.1) is 21.3 Å². The molecular weight excluding hydrogens is 250 g/mol. The summed E-state index contributed by atoms with van der Waals surface area (Å²) >= 11 is 3.41. The van der Waals surface area contributed by atoms with Gasteiger partial charge in [0.25, 0.3) is 0 Å². The second-order valence-electron chi connectivity index (χ2n) is 4.21. The standard InChI is InChI=1S/C12H17N3S2/c1-5-10-14-8(4)11(17-10)9-6-16-12(15-9)13-7(2)3/h6-7H,5H2,1-4H3,(H,13,15). The molecule has 2 heterocycles. The van der Waals surface area contributed by atoms with Crippen LogP contribution in [0.3, 0.4) is 0 Å². The van der Waals surface area contributed by atoms with Crippen LogP contribution in [0.1, 0.15) is 31.5 Å². The van der Waals surface area contributed by atoms with Crippen LogP contribution in [0.15, 0.2) is 5.38 Å². The van der Waals surface area contributed by atoms with Crippen LogP contribution >= 0.6 is 22.7 Å². The molecule has 0 fully saturated rings. The van der Waals surface area contributed by atoms with Gasteiger partial charge in [0.15, 0.2) is 5.13 Å². The lowest BCUT2D eigenvalue weighted by molar-refractivity contribution is 0.897. The van der Waals surface area contributed by atoms with E-state index in [1.165, 1.54) is 9.88 Å². The predicted octanol–water partition coefficient (Wildman–Crippen LogP) is 3.96. The number of aryl methyl sites for hydroxylation is 2. The molecule has 1 N–H and O–H groups in total. The monoisotopic (exact) mass is 267 g/mol. The van der Waals surface area contributed by atoms with Gasteiger partial charge in [-0.15, -0.1) is 22.7 Å². The fraction of sp³-hybridized carbons (Fsp3) is 0.500. The van der Waals surface area contributed by atoms with Crippen LogP contribution in [0, 0.1) is 6.92 Å². The minimum atomic E-state index is 0.419. The smallest absolute Gasteiger partial charge is 0.183 e. The van der Waals surface area contributed by atoms with Gasteiger partial charge in [-0.1, -0.05) is 6.92 Å². The highest BCUT2D eigenvalue weighted by molar-refractivity contribution is 7.16. The van der Waals surface area contributed by atoms with Gasteiger partial charge in [-0.25, -0.2) is 9.97 Å². The Hall–Kier alpha value is -0.940. The summed E-state index contributed by atoms with van der Waals surface area (Å²) in [6, 6.07) is 0.419. The van der Waals surface area contributed by atoms with E-state index in [0.29, 0.717) is 6.04 Å². The number of nitrogens with one attached hydrogen (secondary N) is 1. The number of hydrogen-bond acceptors (Lipinski definition) is 5. The molecule has 5 heteroatoms. The molecular formula is C12H17N3S2. The Morgan fingerprint density at radius 1 is 1.35 bits per heavy atom. The fourth-order valence-corrected chi connectivity index (χ4v) is 3.42. The predicted molar refractivity (Wildman–Crippen MR) is 76.1 cm³/mol. The molecule has 0 bridgehead atoms. The molecule has 0 spiro atoms. The third-order valence-corrected chi connectivity index (χ3v) is 4.39. The van der Waals surface area contributed by atoms with Crippen LogP contribution in [0.2, 0.25) is 0 Å². The fourth-order valence-electron chi connectivity index (χ4n) is 1.53. The molecule has 92 valence electrons. The Morgan fingerprint density at radius 2 is 2.12 bits per heavy atom. The SMILES string of the molecule is CCc1nc(C)c(-c2csc(NC(C)C)n2)s1. The number of aromatic nitrogens is 2. The van der Waals surface area contributed by atoms with Crippen molar-refractivity contribution >= 4 is 27.8 Å². The average Bonchev–Trinajstić information content (AvgIpc) is 2.83. The molecule has 0 aromatic carbocycles. The summed E-state index contributed by atoms with van der Waals surface area (Å²) in [5.74, 6) is 0. The van der Waals surface area contributed by atoms with Crippen LogP contribution in [0.25, 0.3) is 10.6 Å². The Bertz CT molecular complexity index is 500. The van der Waals surface area contributed by atoms with E-state index in [0.717, 1.165) is 22.9 Å². The summed E-state index contributed by atoms with van der Waals surface area (Å²) in [6.45, 7) is 8.43. The van der Waals surface area contributed by atoms with Crippen LogP contribution in [0.4, 0.5) is 5.13 Å². The Morgan fingerprint density at radius 3 is 2.71 bits per heavy atom. The largest absolute Gasteiger partial charge is 0.359 e. The molecule has 2 aromatic heterocycles. The van der Waals surface area contributed by atoms with Crippen molar-refractivity contribution in [3.63, 3.8) is 0 Å². The second-order valence-corrected chi connectivity index (χ2v) is 6.15. The Labute approximate surface area is 110 Å². The van der Waals surface area contributed by atoms with Gasteiger partial charge in [-0.05, 0) is 27.2 Å². The number of rotatable bonds is 4. The molecule has 0 atom stereocenters. The van der Waals surface area contributed by atoms with Crippen molar-refractivity contribution in [2.45, 2.75) is 40.2 Å². The minimum absolute atomic E-state index is 0.419. The normalized spacial score (nSPS) is 11.1. The van der Waals surface area contributed by atoms with Crippen LogP contribution < -0.4 is 5.32 Å². The number of nitrogens with zero attached hydrogens (tertiary/aromatic N) is 2. The number of hydrogen-bond donors (Lipinski definition) is 1. The van der Waals surface area contributed by atoms with Crippen molar-refractivity contribution in [3.05, 3.63) is 16.1 Å². The van der Waals surface area contributed by atoms with Gasteiger partial charge in [-0.3, -0.25) is 0 Å². The van der Waals surface area contributed by atoms with Crippen LogP contribution in [0.5, 0.6) is 0 Å². The Kier molecular flexibility index (Phi) is 3.79. The molecule has 3 nitrogen and oxygen atoms in total.